The molecule has 2 fully saturated rings. The molecule has 0 bridgehead atoms. The molecule has 122 valence electrons. The third-order valence-electron chi connectivity index (χ3n) is 5.68. The van der Waals surface area contributed by atoms with Crippen LogP contribution in [0.25, 0.3) is 0 Å². The van der Waals surface area contributed by atoms with Crippen molar-refractivity contribution < 1.29 is 14.7 Å². The number of hydrogen-bond acceptors (Lipinski definition) is 2. The van der Waals surface area contributed by atoms with Crippen LogP contribution in [0.1, 0.15) is 36.3 Å². The highest BCUT2D eigenvalue weighted by molar-refractivity contribution is 5.77. The predicted molar refractivity (Wildman–Crippen MR) is 85.2 cm³/mol. The van der Waals surface area contributed by atoms with Crippen LogP contribution in [0.2, 0.25) is 0 Å². The van der Waals surface area contributed by atoms with Crippen molar-refractivity contribution in [3.05, 3.63) is 35.4 Å². The van der Waals surface area contributed by atoms with E-state index in [9.17, 15) is 9.59 Å². The highest BCUT2D eigenvalue weighted by Gasteiger charge is 2.54. The summed E-state index contributed by atoms with van der Waals surface area (Å²) in [6.07, 6.45) is 3.66. The SMILES string of the molecule is O=C(O)C1CCCN(C(=O)NC2C3CCc4ccccc4C32)C1. The summed E-state index contributed by atoms with van der Waals surface area (Å²) >= 11 is 0. The van der Waals surface area contributed by atoms with E-state index < -0.39 is 11.9 Å². The van der Waals surface area contributed by atoms with Gasteiger partial charge in [-0.15, -0.1) is 0 Å². The fraction of sp³-hybridized carbons (Fsp3) is 0.556. The highest BCUT2D eigenvalue weighted by Crippen LogP contribution is 2.54. The van der Waals surface area contributed by atoms with E-state index in [1.54, 1.807) is 4.90 Å². The molecule has 1 aromatic carbocycles. The van der Waals surface area contributed by atoms with Crippen LogP contribution in [0.15, 0.2) is 24.3 Å². The number of fused-ring (bicyclic) bond motifs is 3. The zero-order valence-corrected chi connectivity index (χ0v) is 13.1. The van der Waals surface area contributed by atoms with Gasteiger partial charge in [0.1, 0.15) is 0 Å². The topological polar surface area (TPSA) is 69.6 Å². The van der Waals surface area contributed by atoms with Gasteiger partial charge in [0.2, 0.25) is 0 Å². The summed E-state index contributed by atoms with van der Waals surface area (Å²) in [4.78, 5) is 25.3. The van der Waals surface area contributed by atoms with Crippen molar-refractivity contribution in [2.45, 2.75) is 37.6 Å². The molecule has 1 aromatic rings. The standard InChI is InChI=1S/C18H22N2O3/c21-17(22)12-5-3-9-20(10-12)18(23)19-16-14-8-7-11-4-1-2-6-13(11)15(14)16/h1-2,4,6,12,14-16H,3,5,7-10H2,(H,19,23)(H,21,22). The number of carbonyl (C=O) groups excluding carboxylic acids is 1. The number of rotatable bonds is 2. The smallest absolute Gasteiger partial charge is 0.317 e. The minimum absolute atomic E-state index is 0.0900. The predicted octanol–water partition coefficient (Wildman–Crippen LogP) is 2.22. The lowest BCUT2D eigenvalue weighted by Gasteiger charge is -2.30. The Morgan fingerprint density at radius 3 is 2.87 bits per heavy atom. The molecule has 0 aromatic heterocycles. The molecule has 5 heteroatoms. The number of aliphatic carboxylic acids is 1. The highest BCUT2D eigenvalue weighted by atomic mass is 16.4. The number of aryl methyl sites for hydroxylation is 1. The molecule has 1 saturated carbocycles. The second-order valence-electron chi connectivity index (χ2n) is 7.03. The van der Waals surface area contributed by atoms with Crippen molar-refractivity contribution in [1.82, 2.24) is 10.2 Å². The van der Waals surface area contributed by atoms with Crippen molar-refractivity contribution in [2.75, 3.05) is 13.1 Å². The molecule has 1 aliphatic heterocycles. The summed E-state index contributed by atoms with van der Waals surface area (Å²) in [5, 5.41) is 12.3. The van der Waals surface area contributed by atoms with E-state index in [-0.39, 0.29) is 12.1 Å². The number of urea groups is 1. The Morgan fingerprint density at radius 2 is 2.04 bits per heavy atom. The van der Waals surface area contributed by atoms with Crippen molar-refractivity contribution in [3.8, 4) is 0 Å². The molecule has 1 heterocycles. The largest absolute Gasteiger partial charge is 0.481 e. The number of carboxylic acid groups (broad SMARTS) is 1. The van der Waals surface area contributed by atoms with Gasteiger partial charge in [0, 0.05) is 25.0 Å². The van der Waals surface area contributed by atoms with E-state index in [1.807, 2.05) is 0 Å². The number of carbonyl (C=O) groups is 2. The zero-order chi connectivity index (χ0) is 16.0. The number of hydrogen-bond donors (Lipinski definition) is 2. The lowest BCUT2D eigenvalue weighted by atomic mass is 9.92. The summed E-state index contributed by atoms with van der Waals surface area (Å²) < 4.78 is 0. The van der Waals surface area contributed by atoms with Crippen LogP contribution in [0.4, 0.5) is 4.79 Å². The van der Waals surface area contributed by atoms with Crippen LogP contribution < -0.4 is 5.32 Å². The first kappa shape index (κ1) is 14.5. The van der Waals surface area contributed by atoms with Gasteiger partial charge in [-0.2, -0.15) is 0 Å². The third-order valence-corrected chi connectivity index (χ3v) is 5.68. The molecule has 3 aliphatic rings. The maximum atomic E-state index is 12.5. The minimum atomic E-state index is -0.795. The molecule has 4 rings (SSSR count). The number of piperidine rings is 1. The van der Waals surface area contributed by atoms with E-state index in [4.69, 9.17) is 5.11 Å². The Kier molecular flexibility index (Phi) is 3.51. The molecule has 4 unspecified atom stereocenters. The summed E-state index contributed by atoms with van der Waals surface area (Å²) in [7, 11) is 0. The molecular formula is C18H22N2O3. The molecule has 2 aliphatic carbocycles. The molecule has 0 radical (unpaired) electrons. The molecule has 2 N–H and O–H groups in total. The average molecular weight is 314 g/mol. The minimum Gasteiger partial charge on any atom is -0.481 e. The fourth-order valence-corrected chi connectivity index (χ4v) is 4.36. The van der Waals surface area contributed by atoms with Crippen LogP contribution in [-0.4, -0.2) is 41.1 Å². The van der Waals surface area contributed by atoms with E-state index >= 15 is 0 Å². The number of nitrogens with one attached hydrogen (secondary N) is 1. The number of amides is 2. The number of likely N-dealkylation sites (tertiary alicyclic amines) is 1. The first-order valence-electron chi connectivity index (χ1n) is 8.51. The quantitative estimate of drug-likeness (QED) is 0.879. The number of carboxylic acids is 1. The molecule has 2 amide bonds. The van der Waals surface area contributed by atoms with Crippen molar-refractivity contribution in [1.29, 1.82) is 0 Å². The molecule has 5 nitrogen and oxygen atoms in total. The Labute approximate surface area is 135 Å². The van der Waals surface area contributed by atoms with Crippen LogP contribution in [0.3, 0.4) is 0 Å². The Hall–Kier alpha value is -2.04. The van der Waals surface area contributed by atoms with Gasteiger partial charge in [-0.3, -0.25) is 4.79 Å². The van der Waals surface area contributed by atoms with Gasteiger partial charge < -0.3 is 15.3 Å². The summed E-state index contributed by atoms with van der Waals surface area (Å²) in [6.45, 7) is 0.994. The van der Waals surface area contributed by atoms with Gasteiger partial charge in [-0.05, 0) is 42.7 Å². The zero-order valence-electron chi connectivity index (χ0n) is 13.1. The van der Waals surface area contributed by atoms with Gasteiger partial charge in [0.15, 0.2) is 0 Å². The van der Waals surface area contributed by atoms with Crippen LogP contribution in [-0.2, 0) is 11.2 Å². The second kappa shape index (κ2) is 5.55. The average Bonchev–Trinajstić information content (AvgIpc) is 3.28. The van der Waals surface area contributed by atoms with Crippen LogP contribution >= 0.6 is 0 Å². The fourth-order valence-electron chi connectivity index (χ4n) is 4.36. The van der Waals surface area contributed by atoms with Crippen molar-refractivity contribution >= 4 is 12.0 Å². The number of nitrogens with zero attached hydrogens (tertiary/aromatic N) is 1. The lowest BCUT2D eigenvalue weighted by molar-refractivity contribution is -0.143. The van der Waals surface area contributed by atoms with Gasteiger partial charge in [0.25, 0.3) is 0 Å². The van der Waals surface area contributed by atoms with Crippen LogP contribution in [0.5, 0.6) is 0 Å². The van der Waals surface area contributed by atoms with Gasteiger partial charge in [-0.25, -0.2) is 4.79 Å². The first-order chi connectivity index (χ1) is 11.1. The third kappa shape index (κ3) is 2.58. The Morgan fingerprint density at radius 1 is 1.22 bits per heavy atom. The normalized spacial score (nSPS) is 31.7. The maximum absolute atomic E-state index is 12.5. The van der Waals surface area contributed by atoms with E-state index in [2.05, 4.69) is 29.6 Å². The molecule has 4 atom stereocenters. The van der Waals surface area contributed by atoms with Crippen LogP contribution in [0, 0.1) is 11.8 Å². The summed E-state index contributed by atoms with van der Waals surface area (Å²) in [5.74, 6) is -0.217. The van der Waals surface area contributed by atoms with Crippen molar-refractivity contribution in [2.24, 2.45) is 11.8 Å². The Balaban J connectivity index is 1.40. The lowest BCUT2D eigenvalue weighted by Crippen LogP contribution is -2.48. The van der Waals surface area contributed by atoms with E-state index in [0.717, 1.165) is 19.3 Å². The van der Waals surface area contributed by atoms with E-state index in [0.29, 0.717) is 31.3 Å². The Bertz CT molecular complexity index is 645. The molecular weight excluding hydrogens is 292 g/mol. The summed E-state index contributed by atoms with van der Waals surface area (Å²) in [6, 6.07) is 8.64. The van der Waals surface area contributed by atoms with Crippen molar-refractivity contribution in [3.63, 3.8) is 0 Å². The monoisotopic (exact) mass is 314 g/mol. The van der Waals surface area contributed by atoms with Gasteiger partial charge >= 0.3 is 12.0 Å². The molecule has 0 spiro atoms. The summed E-state index contributed by atoms with van der Waals surface area (Å²) in [5.41, 5.74) is 2.80. The second-order valence-corrected chi connectivity index (χ2v) is 7.03. The molecule has 23 heavy (non-hydrogen) atoms. The number of benzene rings is 1. The van der Waals surface area contributed by atoms with E-state index in [1.165, 1.54) is 11.1 Å². The van der Waals surface area contributed by atoms with Gasteiger partial charge in [0.05, 0.1) is 5.92 Å². The molecule has 1 saturated heterocycles. The first-order valence-corrected chi connectivity index (χ1v) is 8.51. The maximum Gasteiger partial charge on any atom is 0.317 e. The van der Waals surface area contributed by atoms with Gasteiger partial charge in [-0.1, -0.05) is 24.3 Å².